The van der Waals surface area contributed by atoms with E-state index in [0.717, 1.165) is 69.6 Å². The minimum Gasteiger partial charge on any atom is -0.462 e. The number of carbonyl (C=O) groups is 3. The summed E-state index contributed by atoms with van der Waals surface area (Å²) >= 11 is 0. The molecule has 0 amide bonds. The number of rotatable bonds is 54. The topological polar surface area (TPSA) is 78.9 Å². The summed E-state index contributed by atoms with van der Waals surface area (Å²) < 4.78 is 16.9. The van der Waals surface area contributed by atoms with Crippen molar-refractivity contribution >= 4 is 17.9 Å². The lowest BCUT2D eigenvalue weighted by atomic mass is 9.99. The number of hydrogen-bond acceptors (Lipinski definition) is 6. The van der Waals surface area contributed by atoms with Gasteiger partial charge in [0.15, 0.2) is 6.10 Å². The first kappa shape index (κ1) is 64.4. The summed E-state index contributed by atoms with van der Waals surface area (Å²) in [4.78, 5) is 38.2. The summed E-state index contributed by atoms with van der Waals surface area (Å²) in [5.41, 5.74) is 0. The van der Waals surface area contributed by atoms with Gasteiger partial charge in [-0.05, 0) is 31.1 Å². The van der Waals surface area contributed by atoms with Crippen molar-refractivity contribution in [2.75, 3.05) is 13.2 Å². The van der Waals surface area contributed by atoms with Gasteiger partial charge in [-0.1, -0.05) is 298 Å². The highest BCUT2D eigenvalue weighted by Crippen LogP contribution is 2.19. The highest BCUT2D eigenvalue weighted by Gasteiger charge is 2.19. The molecule has 0 aromatic rings. The van der Waals surface area contributed by atoms with E-state index in [1.165, 1.54) is 225 Å². The second-order valence-electron chi connectivity index (χ2n) is 21.4. The Bertz CT molecular complexity index is 1010. The van der Waals surface area contributed by atoms with E-state index >= 15 is 0 Å². The van der Waals surface area contributed by atoms with Gasteiger partial charge >= 0.3 is 17.9 Å². The van der Waals surface area contributed by atoms with E-state index in [1.54, 1.807) is 0 Å². The van der Waals surface area contributed by atoms with Gasteiger partial charge in [-0.25, -0.2) is 0 Å². The Morgan fingerprint density at radius 3 is 0.864 bits per heavy atom. The zero-order valence-electron chi connectivity index (χ0n) is 45.3. The summed E-state index contributed by atoms with van der Waals surface area (Å²) in [5.74, 6) is 0.880. The summed E-state index contributed by atoms with van der Waals surface area (Å²) in [6.45, 7) is 11.4. The molecule has 1 unspecified atom stereocenters. The second kappa shape index (κ2) is 52.8. The minimum absolute atomic E-state index is 0.0625. The predicted octanol–water partition coefficient (Wildman–Crippen LogP) is 19.7. The van der Waals surface area contributed by atoms with Crippen molar-refractivity contribution in [1.29, 1.82) is 0 Å². The average molecular weight is 934 g/mol. The fourth-order valence-electron chi connectivity index (χ4n) is 9.20. The van der Waals surface area contributed by atoms with Gasteiger partial charge in [0.1, 0.15) is 13.2 Å². The molecule has 0 spiro atoms. The Morgan fingerprint density at radius 1 is 0.318 bits per heavy atom. The molecule has 0 radical (unpaired) electrons. The number of ether oxygens (including phenoxy) is 3. The molecule has 0 aliphatic rings. The van der Waals surface area contributed by atoms with Crippen LogP contribution in [0.1, 0.15) is 336 Å². The van der Waals surface area contributed by atoms with Gasteiger partial charge < -0.3 is 14.2 Å². The van der Waals surface area contributed by atoms with E-state index in [9.17, 15) is 14.4 Å². The molecule has 0 aliphatic carbocycles. The number of hydrogen-bond donors (Lipinski definition) is 0. The van der Waals surface area contributed by atoms with E-state index in [1.807, 2.05) is 0 Å². The number of esters is 3. The lowest BCUT2D eigenvalue weighted by Gasteiger charge is -2.18. The highest BCUT2D eigenvalue weighted by atomic mass is 16.6. The first-order valence-corrected chi connectivity index (χ1v) is 29.8. The van der Waals surface area contributed by atoms with E-state index in [-0.39, 0.29) is 31.1 Å². The second-order valence-corrected chi connectivity index (χ2v) is 21.4. The Labute approximate surface area is 412 Å². The molecule has 0 N–H and O–H groups in total. The van der Waals surface area contributed by atoms with Crippen molar-refractivity contribution < 1.29 is 28.6 Å². The third kappa shape index (κ3) is 51.8. The Hall–Kier alpha value is -1.59. The molecule has 0 aliphatic heterocycles. The van der Waals surface area contributed by atoms with Crippen molar-refractivity contribution in [3.63, 3.8) is 0 Å². The average Bonchev–Trinajstić information content (AvgIpc) is 3.30. The van der Waals surface area contributed by atoms with Crippen LogP contribution in [0.2, 0.25) is 0 Å². The molecule has 0 heterocycles. The lowest BCUT2D eigenvalue weighted by Crippen LogP contribution is -2.30. The maximum atomic E-state index is 12.9. The van der Waals surface area contributed by atoms with Gasteiger partial charge in [0.05, 0.1) is 0 Å². The van der Waals surface area contributed by atoms with Crippen LogP contribution in [-0.4, -0.2) is 37.2 Å². The third-order valence-electron chi connectivity index (χ3n) is 14.1. The molecule has 0 aromatic heterocycles. The molecule has 66 heavy (non-hydrogen) atoms. The molecule has 0 bridgehead atoms. The Morgan fingerprint density at radius 2 is 0.576 bits per heavy atom. The van der Waals surface area contributed by atoms with Gasteiger partial charge in [0.2, 0.25) is 0 Å². The van der Waals surface area contributed by atoms with Gasteiger partial charge in [-0.2, -0.15) is 0 Å². The van der Waals surface area contributed by atoms with Gasteiger partial charge in [-0.15, -0.1) is 0 Å². The quantitative estimate of drug-likeness (QED) is 0.0343. The van der Waals surface area contributed by atoms with Crippen LogP contribution < -0.4 is 0 Å². The van der Waals surface area contributed by atoms with Crippen LogP contribution in [0.15, 0.2) is 0 Å². The van der Waals surface area contributed by atoms with E-state index < -0.39 is 6.10 Å². The van der Waals surface area contributed by atoms with E-state index in [2.05, 4.69) is 34.6 Å². The fraction of sp³-hybridized carbons (Fsp3) is 0.950. The van der Waals surface area contributed by atoms with Crippen LogP contribution in [0, 0.1) is 11.8 Å². The molecular weight excluding hydrogens is 817 g/mol. The van der Waals surface area contributed by atoms with Crippen molar-refractivity contribution in [2.45, 2.75) is 343 Å². The van der Waals surface area contributed by atoms with Crippen molar-refractivity contribution in [3.8, 4) is 0 Å². The molecule has 0 saturated carbocycles. The predicted molar refractivity (Wildman–Crippen MR) is 284 cm³/mol. The molecular formula is C60H116O6. The first-order chi connectivity index (χ1) is 32.3. The molecule has 0 fully saturated rings. The van der Waals surface area contributed by atoms with Crippen molar-refractivity contribution in [2.24, 2.45) is 11.8 Å². The summed E-state index contributed by atoms with van der Waals surface area (Å²) in [5, 5.41) is 0. The van der Waals surface area contributed by atoms with Crippen LogP contribution in [0.25, 0.3) is 0 Å². The minimum atomic E-state index is -0.763. The maximum absolute atomic E-state index is 12.9. The maximum Gasteiger partial charge on any atom is 0.306 e. The molecule has 0 saturated heterocycles. The smallest absolute Gasteiger partial charge is 0.306 e. The Balaban J connectivity index is 4.30. The fourth-order valence-corrected chi connectivity index (χ4v) is 9.20. The normalized spacial score (nSPS) is 12.5. The van der Waals surface area contributed by atoms with Crippen molar-refractivity contribution in [1.82, 2.24) is 0 Å². The van der Waals surface area contributed by atoms with Crippen LogP contribution in [-0.2, 0) is 28.6 Å². The standard InChI is InChI=1S/C60H116O6/c1-6-8-9-10-11-12-13-14-15-18-21-24-30-35-40-45-50-58(61)64-53-57(54-65-59(62)51-46-41-36-31-27-26-29-34-39-44-49-56(5)7-2)66-60(63)52-47-42-37-32-25-22-19-16-17-20-23-28-33-38-43-48-55(3)4/h55-57H,6-54H2,1-5H3/t56?,57-/m1/s1. The molecule has 392 valence electrons. The summed E-state index contributed by atoms with van der Waals surface area (Å²) in [6, 6.07) is 0. The SMILES string of the molecule is CCCCCCCCCCCCCCCCCCC(=O)OC[C@H](COC(=O)CCCCCCCCCCCCC(C)CC)OC(=O)CCCCCCCCCCCCCCCCCC(C)C. The van der Waals surface area contributed by atoms with Gasteiger partial charge in [0, 0.05) is 19.3 Å². The van der Waals surface area contributed by atoms with E-state index in [4.69, 9.17) is 14.2 Å². The third-order valence-corrected chi connectivity index (χ3v) is 14.1. The van der Waals surface area contributed by atoms with Crippen LogP contribution in [0.5, 0.6) is 0 Å². The molecule has 6 heteroatoms. The van der Waals surface area contributed by atoms with Crippen LogP contribution in [0.3, 0.4) is 0 Å². The molecule has 6 nitrogen and oxygen atoms in total. The summed E-state index contributed by atoms with van der Waals surface area (Å²) in [7, 11) is 0. The summed E-state index contributed by atoms with van der Waals surface area (Å²) in [6.07, 6.45) is 56.6. The number of unbranched alkanes of at least 4 members (excludes halogenated alkanes) is 38. The molecule has 0 aromatic carbocycles. The zero-order valence-corrected chi connectivity index (χ0v) is 45.3. The van der Waals surface area contributed by atoms with Crippen molar-refractivity contribution in [3.05, 3.63) is 0 Å². The monoisotopic (exact) mass is 933 g/mol. The number of carbonyl (C=O) groups excluding carboxylic acids is 3. The zero-order chi connectivity index (χ0) is 48.2. The van der Waals surface area contributed by atoms with Gasteiger partial charge in [0.25, 0.3) is 0 Å². The largest absolute Gasteiger partial charge is 0.462 e. The van der Waals surface area contributed by atoms with Crippen LogP contribution >= 0.6 is 0 Å². The Kier molecular flexibility index (Phi) is 51.5. The first-order valence-electron chi connectivity index (χ1n) is 29.8. The van der Waals surface area contributed by atoms with Gasteiger partial charge in [-0.3, -0.25) is 14.4 Å². The molecule has 0 rings (SSSR count). The lowest BCUT2D eigenvalue weighted by molar-refractivity contribution is -0.167. The highest BCUT2D eigenvalue weighted by molar-refractivity contribution is 5.71. The van der Waals surface area contributed by atoms with E-state index in [0.29, 0.717) is 19.3 Å². The van der Waals surface area contributed by atoms with Crippen LogP contribution in [0.4, 0.5) is 0 Å². The molecule has 2 atom stereocenters.